The Labute approximate surface area is 169 Å². The van der Waals surface area contributed by atoms with Gasteiger partial charge in [-0.05, 0) is 43.9 Å². The van der Waals surface area contributed by atoms with Crippen molar-refractivity contribution < 1.29 is 9.59 Å². The molecule has 2 saturated heterocycles. The monoisotopic (exact) mass is 397 g/mol. The minimum absolute atomic E-state index is 0.0364. The maximum Gasteiger partial charge on any atom is 0.238 e. The highest BCUT2D eigenvalue weighted by molar-refractivity contribution is 8.01. The molecule has 0 radical (unpaired) electrons. The first-order valence-electron chi connectivity index (χ1n) is 10.5. The Kier molecular flexibility index (Phi) is 7.65. The number of hydrogen-bond acceptors (Lipinski definition) is 4. The van der Waals surface area contributed by atoms with Gasteiger partial charge in [0.05, 0.1) is 10.9 Å². The molecule has 0 bridgehead atoms. The molecule has 0 aromatic rings. The van der Waals surface area contributed by atoms with E-state index in [1.807, 2.05) is 23.6 Å². The average molecular weight is 398 g/mol. The third-order valence-electron chi connectivity index (χ3n) is 5.69. The third-order valence-corrected chi connectivity index (χ3v) is 7.27. The number of nitrogens with zero attached hydrogens (tertiary/aromatic N) is 1. The summed E-state index contributed by atoms with van der Waals surface area (Å²) in [5.74, 6) is 1.64. The zero-order valence-corrected chi connectivity index (χ0v) is 18.9. The van der Waals surface area contributed by atoms with Crippen molar-refractivity contribution in [3.05, 3.63) is 0 Å². The molecule has 2 rings (SSSR count). The first kappa shape index (κ1) is 22.5. The molecule has 0 aromatic carbocycles. The zero-order valence-electron chi connectivity index (χ0n) is 18.1. The predicted octanol–water partition coefficient (Wildman–Crippen LogP) is 3.39. The summed E-state index contributed by atoms with van der Waals surface area (Å²) in [5, 5.41) is 6.66. The Balaban J connectivity index is 1.79. The maximum atomic E-state index is 12.7. The Morgan fingerprint density at radius 3 is 2.44 bits per heavy atom. The fourth-order valence-corrected chi connectivity index (χ4v) is 5.60. The molecule has 0 unspecified atom stereocenters. The summed E-state index contributed by atoms with van der Waals surface area (Å²) in [5.41, 5.74) is 0.265. The van der Waals surface area contributed by atoms with E-state index in [9.17, 15) is 9.59 Å². The molecule has 2 aliphatic heterocycles. The van der Waals surface area contributed by atoms with Gasteiger partial charge in [-0.25, -0.2) is 0 Å². The van der Waals surface area contributed by atoms with Gasteiger partial charge >= 0.3 is 0 Å². The molecule has 0 saturated carbocycles. The van der Waals surface area contributed by atoms with Crippen LogP contribution in [0.2, 0.25) is 0 Å². The van der Waals surface area contributed by atoms with Gasteiger partial charge in [-0.2, -0.15) is 0 Å². The van der Waals surface area contributed by atoms with Crippen LogP contribution in [0, 0.1) is 11.3 Å². The fraction of sp³-hybridized carbons (Fsp3) is 0.905. The summed E-state index contributed by atoms with van der Waals surface area (Å²) in [4.78, 5) is 27.0. The SMILES string of the molecule is CC[C@H](C)NC(=O)[C@@H]1CSC2(CCN(C(=O)C[C@@H](C)CC(C)(C)C)CC2)N1. The highest BCUT2D eigenvalue weighted by atomic mass is 32.2. The number of piperidine rings is 1. The molecule has 156 valence electrons. The lowest BCUT2D eigenvalue weighted by atomic mass is 9.84. The topological polar surface area (TPSA) is 61.4 Å². The number of thioether (sulfide) groups is 1. The number of carbonyl (C=O) groups is 2. The van der Waals surface area contributed by atoms with Crippen LogP contribution >= 0.6 is 11.8 Å². The summed E-state index contributed by atoms with van der Waals surface area (Å²) < 4.78 is 0. The Hall–Kier alpha value is -0.750. The molecule has 0 aromatic heterocycles. The number of nitrogens with one attached hydrogen (secondary N) is 2. The Bertz CT molecular complexity index is 524. The smallest absolute Gasteiger partial charge is 0.238 e. The quantitative estimate of drug-likeness (QED) is 0.721. The first-order chi connectivity index (χ1) is 12.5. The number of rotatable bonds is 6. The summed E-state index contributed by atoms with van der Waals surface area (Å²) in [6.07, 6.45) is 4.50. The number of hydrogen-bond donors (Lipinski definition) is 2. The molecule has 1 spiro atoms. The van der Waals surface area contributed by atoms with E-state index in [-0.39, 0.29) is 34.2 Å². The lowest BCUT2D eigenvalue weighted by molar-refractivity contribution is -0.133. The molecule has 2 fully saturated rings. The predicted molar refractivity (Wildman–Crippen MR) is 114 cm³/mol. The van der Waals surface area contributed by atoms with Gasteiger partial charge in [0.1, 0.15) is 0 Å². The lowest BCUT2D eigenvalue weighted by Gasteiger charge is -2.39. The number of amides is 2. The van der Waals surface area contributed by atoms with Gasteiger partial charge in [-0.1, -0.05) is 34.6 Å². The van der Waals surface area contributed by atoms with E-state index in [1.54, 1.807) is 0 Å². The van der Waals surface area contributed by atoms with Gasteiger partial charge in [0.2, 0.25) is 11.8 Å². The van der Waals surface area contributed by atoms with Crippen molar-refractivity contribution in [3.63, 3.8) is 0 Å². The van der Waals surface area contributed by atoms with Gasteiger partial charge in [0.15, 0.2) is 0 Å². The summed E-state index contributed by atoms with van der Waals surface area (Å²) in [6.45, 7) is 14.6. The van der Waals surface area contributed by atoms with Crippen molar-refractivity contribution in [2.45, 2.75) is 90.6 Å². The first-order valence-corrected chi connectivity index (χ1v) is 11.5. The van der Waals surface area contributed by atoms with E-state index < -0.39 is 0 Å². The maximum absolute atomic E-state index is 12.7. The van der Waals surface area contributed by atoms with Crippen LogP contribution in [0.4, 0.5) is 0 Å². The largest absolute Gasteiger partial charge is 0.352 e. The van der Waals surface area contributed by atoms with E-state index in [2.05, 4.69) is 45.3 Å². The van der Waals surface area contributed by atoms with Crippen molar-refractivity contribution in [2.75, 3.05) is 18.8 Å². The molecular formula is C21H39N3O2S. The molecule has 2 aliphatic rings. The summed E-state index contributed by atoms with van der Waals surface area (Å²) in [6, 6.07) is 0.105. The number of likely N-dealkylation sites (tertiary alicyclic amines) is 1. The van der Waals surface area contributed by atoms with Crippen molar-refractivity contribution in [3.8, 4) is 0 Å². The average Bonchev–Trinajstić information content (AvgIpc) is 2.97. The van der Waals surface area contributed by atoms with Crippen LogP contribution in [0.25, 0.3) is 0 Å². The summed E-state index contributed by atoms with van der Waals surface area (Å²) in [7, 11) is 0. The van der Waals surface area contributed by atoms with Crippen LogP contribution in [0.15, 0.2) is 0 Å². The number of carbonyl (C=O) groups excluding carboxylic acids is 2. The molecular weight excluding hydrogens is 358 g/mol. The van der Waals surface area contributed by atoms with Crippen LogP contribution in [0.1, 0.15) is 73.6 Å². The minimum Gasteiger partial charge on any atom is -0.352 e. The molecule has 2 heterocycles. The highest BCUT2D eigenvalue weighted by Gasteiger charge is 2.44. The molecule has 27 heavy (non-hydrogen) atoms. The van der Waals surface area contributed by atoms with Gasteiger partial charge < -0.3 is 10.2 Å². The van der Waals surface area contributed by atoms with Gasteiger partial charge in [-0.3, -0.25) is 14.9 Å². The van der Waals surface area contributed by atoms with Crippen molar-refractivity contribution in [1.29, 1.82) is 0 Å². The van der Waals surface area contributed by atoms with Crippen molar-refractivity contribution in [1.82, 2.24) is 15.5 Å². The molecule has 3 atom stereocenters. The van der Waals surface area contributed by atoms with E-state index in [0.717, 1.165) is 44.5 Å². The minimum atomic E-state index is -0.113. The second kappa shape index (κ2) is 9.17. The Morgan fingerprint density at radius 1 is 1.26 bits per heavy atom. The van der Waals surface area contributed by atoms with Crippen LogP contribution in [0.5, 0.6) is 0 Å². The second-order valence-electron chi connectivity index (χ2n) is 9.77. The third kappa shape index (κ3) is 6.67. The van der Waals surface area contributed by atoms with E-state index >= 15 is 0 Å². The highest BCUT2D eigenvalue weighted by Crippen LogP contribution is 2.39. The van der Waals surface area contributed by atoms with Crippen LogP contribution < -0.4 is 10.6 Å². The molecule has 0 aliphatic carbocycles. The lowest BCUT2D eigenvalue weighted by Crippen LogP contribution is -2.55. The van der Waals surface area contributed by atoms with E-state index in [1.165, 1.54) is 0 Å². The van der Waals surface area contributed by atoms with Crippen molar-refractivity contribution >= 4 is 23.6 Å². The fourth-order valence-electron chi connectivity index (χ4n) is 4.18. The van der Waals surface area contributed by atoms with Gasteiger partial charge in [0, 0.05) is 31.3 Å². The van der Waals surface area contributed by atoms with Crippen molar-refractivity contribution in [2.24, 2.45) is 11.3 Å². The summed E-state index contributed by atoms with van der Waals surface area (Å²) >= 11 is 1.86. The van der Waals surface area contributed by atoms with Crippen LogP contribution in [-0.2, 0) is 9.59 Å². The second-order valence-corrected chi connectivity index (χ2v) is 11.2. The zero-order chi connectivity index (χ0) is 20.2. The molecule has 6 heteroatoms. The Morgan fingerprint density at radius 2 is 1.89 bits per heavy atom. The van der Waals surface area contributed by atoms with Gasteiger partial charge in [-0.15, -0.1) is 11.8 Å². The molecule has 5 nitrogen and oxygen atoms in total. The molecule has 2 N–H and O–H groups in total. The van der Waals surface area contributed by atoms with Crippen LogP contribution in [0.3, 0.4) is 0 Å². The molecule has 2 amide bonds. The van der Waals surface area contributed by atoms with E-state index in [4.69, 9.17) is 0 Å². The normalized spacial score (nSPS) is 24.7. The standard InChI is InChI=1S/C21H39N3O2S/c1-7-16(3)22-19(26)17-14-27-21(23-17)8-10-24(11-9-21)18(25)12-15(2)13-20(4,5)6/h15-17,23H,7-14H2,1-6H3,(H,22,26)/t15-,16+,17+/m1/s1. The van der Waals surface area contributed by atoms with Gasteiger partial charge in [0.25, 0.3) is 0 Å². The van der Waals surface area contributed by atoms with E-state index in [0.29, 0.717) is 12.3 Å². The van der Waals surface area contributed by atoms with Crippen LogP contribution in [-0.4, -0.2) is 52.5 Å².